The highest BCUT2D eigenvalue weighted by Gasteiger charge is 2.51. The lowest BCUT2D eigenvalue weighted by molar-refractivity contribution is -0.161. The van der Waals surface area contributed by atoms with Crippen molar-refractivity contribution in [3.05, 3.63) is 81.3 Å². The van der Waals surface area contributed by atoms with Gasteiger partial charge in [0.1, 0.15) is 6.61 Å². The molecule has 0 fully saturated rings. The van der Waals surface area contributed by atoms with E-state index in [9.17, 15) is 14.7 Å². The number of H-pyrrole nitrogens is 2. The van der Waals surface area contributed by atoms with Crippen molar-refractivity contribution in [1.29, 1.82) is 0 Å². The van der Waals surface area contributed by atoms with Crippen molar-refractivity contribution in [3.8, 4) is 11.5 Å². The first-order chi connectivity index (χ1) is 15.4. The lowest BCUT2D eigenvalue weighted by atomic mass is 9.66. The Hall–Kier alpha value is -3.52. The SMILES string of the molecule is COc1ccc([C@H]2c3c([nH][nH]c3=O)C[C@@](C)(O)[C@H]2C(=O)OCc2ccccc2)cc1OC. The van der Waals surface area contributed by atoms with Gasteiger partial charge in [-0.2, -0.15) is 0 Å². The number of carbonyl (C=O) groups is 1. The van der Waals surface area contributed by atoms with Gasteiger partial charge < -0.3 is 24.4 Å². The number of aromatic nitrogens is 2. The van der Waals surface area contributed by atoms with Crippen LogP contribution in [0.15, 0.2) is 53.3 Å². The molecule has 1 aliphatic rings. The number of ether oxygens (including phenoxy) is 3. The average molecular weight is 438 g/mol. The summed E-state index contributed by atoms with van der Waals surface area (Å²) in [7, 11) is 3.04. The molecule has 0 bridgehead atoms. The molecule has 0 spiro atoms. The van der Waals surface area contributed by atoms with Gasteiger partial charge in [0.15, 0.2) is 11.5 Å². The Bertz CT molecular complexity index is 1160. The average Bonchev–Trinajstić information content (AvgIpc) is 3.15. The molecule has 1 heterocycles. The fourth-order valence-electron chi connectivity index (χ4n) is 4.48. The molecule has 0 aliphatic heterocycles. The Kier molecular flexibility index (Phi) is 5.80. The van der Waals surface area contributed by atoms with Gasteiger partial charge >= 0.3 is 5.97 Å². The fourth-order valence-corrected chi connectivity index (χ4v) is 4.48. The molecule has 1 aromatic heterocycles. The van der Waals surface area contributed by atoms with Crippen molar-refractivity contribution < 1.29 is 24.1 Å². The lowest BCUT2D eigenvalue weighted by Gasteiger charge is -2.40. The molecule has 0 saturated carbocycles. The Morgan fingerprint density at radius 1 is 1.09 bits per heavy atom. The van der Waals surface area contributed by atoms with E-state index in [-0.39, 0.29) is 18.6 Å². The minimum atomic E-state index is -1.45. The number of methoxy groups -OCH3 is 2. The summed E-state index contributed by atoms with van der Waals surface area (Å²) in [4.78, 5) is 26.0. The molecule has 32 heavy (non-hydrogen) atoms. The summed E-state index contributed by atoms with van der Waals surface area (Å²) in [5.41, 5.74) is 0.646. The van der Waals surface area contributed by atoms with E-state index >= 15 is 0 Å². The number of fused-ring (bicyclic) bond motifs is 1. The molecule has 8 heteroatoms. The first-order valence-corrected chi connectivity index (χ1v) is 10.3. The van der Waals surface area contributed by atoms with E-state index < -0.39 is 23.4 Å². The Morgan fingerprint density at radius 3 is 2.50 bits per heavy atom. The number of aromatic amines is 2. The predicted octanol–water partition coefficient (Wildman–Crippen LogP) is 2.52. The largest absolute Gasteiger partial charge is 0.493 e. The summed E-state index contributed by atoms with van der Waals surface area (Å²) in [5.74, 6) is -1.35. The van der Waals surface area contributed by atoms with Crippen molar-refractivity contribution in [3.63, 3.8) is 0 Å². The van der Waals surface area contributed by atoms with Crippen LogP contribution in [-0.2, 0) is 22.6 Å². The maximum absolute atomic E-state index is 13.3. The summed E-state index contributed by atoms with van der Waals surface area (Å²) in [6.07, 6.45) is 0.107. The number of benzene rings is 2. The number of aliphatic hydroxyl groups is 1. The maximum Gasteiger partial charge on any atom is 0.313 e. The van der Waals surface area contributed by atoms with Crippen LogP contribution < -0.4 is 15.0 Å². The van der Waals surface area contributed by atoms with Crippen molar-refractivity contribution >= 4 is 5.97 Å². The molecule has 1 aliphatic carbocycles. The number of esters is 1. The third-order valence-corrected chi connectivity index (χ3v) is 5.99. The zero-order valence-corrected chi connectivity index (χ0v) is 18.2. The van der Waals surface area contributed by atoms with Crippen LogP contribution >= 0.6 is 0 Å². The van der Waals surface area contributed by atoms with Crippen molar-refractivity contribution in [1.82, 2.24) is 10.2 Å². The summed E-state index contributed by atoms with van der Waals surface area (Å²) in [6.45, 7) is 1.66. The van der Waals surface area contributed by atoms with Crippen LogP contribution in [0, 0.1) is 5.92 Å². The Labute approximate surface area is 185 Å². The third-order valence-electron chi connectivity index (χ3n) is 5.99. The molecule has 0 radical (unpaired) electrons. The van der Waals surface area contributed by atoms with Crippen LogP contribution in [0.2, 0.25) is 0 Å². The summed E-state index contributed by atoms with van der Waals surface area (Å²) < 4.78 is 16.4. The van der Waals surface area contributed by atoms with Crippen LogP contribution in [0.4, 0.5) is 0 Å². The second-order valence-electron chi connectivity index (χ2n) is 8.17. The molecule has 4 rings (SSSR count). The molecular weight excluding hydrogens is 412 g/mol. The second kappa shape index (κ2) is 8.55. The molecule has 0 amide bonds. The van der Waals surface area contributed by atoms with Crippen LogP contribution in [0.3, 0.4) is 0 Å². The monoisotopic (exact) mass is 438 g/mol. The van der Waals surface area contributed by atoms with E-state index in [1.807, 2.05) is 30.3 Å². The zero-order valence-electron chi connectivity index (χ0n) is 18.2. The predicted molar refractivity (Wildman–Crippen MR) is 117 cm³/mol. The van der Waals surface area contributed by atoms with Gasteiger partial charge in [0.2, 0.25) is 0 Å². The van der Waals surface area contributed by atoms with E-state index in [4.69, 9.17) is 14.2 Å². The Balaban J connectivity index is 1.78. The molecule has 3 aromatic rings. The number of carbonyl (C=O) groups excluding carboxylic acids is 1. The number of rotatable bonds is 6. The second-order valence-corrected chi connectivity index (χ2v) is 8.17. The molecule has 0 unspecified atom stereocenters. The van der Waals surface area contributed by atoms with Crippen molar-refractivity contribution in [2.24, 2.45) is 5.92 Å². The van der Waals surface area contributed by atoms with Crippen molar-refractivity contribution in [2.75, 3.05) is 14.2 Å². The first kappa shape index (κ1) is 21.7. The van der Waals surface area contributed by atoms with Crippen LogP contribution in [0.5, 0.6) is 11.5 Å². The first-order valence-electron chi connectivity index (χ1n) is 10.3. The van der Waals surface area contributed by atoms with Gasteiger partial charge in [-0.3, -0.25) is 14.7 Å². The fraction of sp³-hybridized carbons (Fsp3) is 0.333. The molecular formula is C24H26N2O6. The summed E-state index contributed by atoms with van der Waals surface area (Å²) >= 11 is 0. The number of nitrogens with one attached hydrogen (secondary N) is 2. The standard InChI is InChI=1S/C24H26N2O6/c1-24(29)12-16-20(22(27)26-25-16)19(15-9-10-17(30-2)18(11-15)31-3)21(24)23(28)32-13-14-7-5-4-6-8-14/h4-11,19,21,29H,12-13H2,1-3H3,(H2,25,26,27)/t19-,21+,24+/m0/s1. The summed E-state index contributed by atoms with van der Waals surface area (Å²) in [5, 5.41) is 16.8. The highest BCUT2D eigenvalue weighted by atomic mass is 16.5. The van der Waals surface area contributed by atoms with Gasteiger partial charge in [-0.05, 0) is 30.2 Å². The smallest absolute Gasteiger partial charge is 0.313 e. The molecule has 3 N–H and O–H groups in total. The van der Waals surface area contributed by atoms with Crippen LogP contribution in [0.25, 0.3) is 0 Å². The minimum Gasteiger partial charge on any atom is -0.493 e. The van der Waals surface area contributed by atoms with Gasteiger partial charge in [-0.25, -0.2) is 0 Å². The third kappa shape index (κ3) is 3.89. The van der Waals surface area contributed by atoms with Gasteiger partial charge in [0, 0.05) is 23.6 Å². The quantitative estimate of drug-likeness (QED) is 0.510. The van der Waals surface area contributed by atoms with E-state index in [1.165, 1.54) is 14.2 Å². The maximum atomic E-state index is 13.3. The van der Waals surface area contributed by atoms with E-state index in [2.05, 4.69) is 10.2 Å². The van der Waals surface area contributed by atoms with Crippen LogP contribution in [-0.4, -0.2) is 41.1 Å². The molecule has 0 saturated heterocycles. The topological polar surface area (TPSA) is 114 Å². The zero-order chi connectivity index (χ0) is 22.9. The van der Waals surface area contributed by atoms with Gasteiger partial charge in [0.25, 0.3) is 5.56 Å². The number of hydrogen-bond donors (Lipinski definition) is 3. The highest BCUT2D eigenvalue weighted by Crippen LogP contribution is 2.46. The van der Waals surface area contributed by atoms with Gasteiger partial charge in [-0.15, -0.1) is 0 Å². The number of hydrogen-bond acceptors (Lipinski definition) is 6. The van der Waals surface area contributed by atoms with E-state index in [0.717, 1.165) is 5.56 Å². The minimum absolute atomic E-state index is 0.0707. The normalized spacial score (nSPS) is 22.1. The van der Waals surface area contributed by atoms with Gasteiger partial charge in [0.05, 0.1) is 25.7 Å². The molecule has 3 atom stereocenters. The van der Waals surface area contributed by atoms with Crippen LogP contribution in [0.1, 0.15) is 35.2 Å². The van der Waals surface area contributed by atoms with E-state index in [0.29, 0.717) is 28.3 Å². The highest BCUT2D eigenvalue weighted by molar-refractivity contribution is 5.77. The van der Waals surface area contributed by atoms with Gasteiger partial charge in [-0.1, -0.05) is 36.4 Å². The molecule has 168 valence electrons. The summed E-state index contributed by atoms with van der Waals surface area (Å²) in [6, 6.07) is 14.5. The van der Waals surface area contributed by atoms with E-state index in [1.54, 1.807) is 25.1 Å². The molecule has 2 aromatic carbocycles. The molecule has 8 nitrogen and oxygen atoms in total. The lowest BCUT2D eigenvalue weighted by Crippen LogP contribution is -2.50. The van der Waals surface area contributed by atoms with Crippen molar-refractivity contribution in [2.45, 2.75) is 31.5 Å². The Morgan fingerprint density at radius 2 is 1.81 bits per heavy atom.